The minimum absolute atomic E-state index is 0.0201. The molecule has 4 amide bonds. The number of nitrogens with one attached hydrogen (secondary N) is 2. The molecule has 7 rings (SSSR count). The number of amides is 4. The molecule has 0 radical (unpaired) electrons. The number of benzene rings is 1. The summed E-state index contributed by atoms with van der Waals surface area (Å²) in [7, 11) is 0. The molecule has 17 heteroatoms. The number of aromatic hydroxyl groups is 1. The number of anilines is 1. The number of rotatable bonds is 9. The Morgan fingerprint density at radius 2 is 1.60 bits per heavy atom. The molecule has 0 spiro atoms. The van der Waals surface area contributed by atoms with Crippen LogP contribution in [0.4, 0.5) is 10.5 Å². The van der Waals surface area contributed by atoms with Gasteiger partial charge >= 0.3 is 11.7 Å². The van der Waals surface area contributed by atoms with Crippen molar-refractivity contribution in [3.63, 3.8) is 0 Å². The van der Waals surface area contributed by atoms with Gasteiger partial charge in [0.15, 0.2) is 5.65 Å². The zero-order valence-corrected chi connectivity index (χ0v) is 33.6. The van der Waals surface area contributed by atoms with Gasteiger partial charge in [-0.15, -0.1) is 0 Å². The van der Waals surface area contributed by atoms with Gasteiger partial charge in [-0.3, -0.25) is 29.0 Å². The summed E-state index contributed by atoms with van der Waals surface area (Å²) in [5.74, 6) is -0.754. The molecule has 0 unspecified atom stereocenters. The van der Waals surface area contributed by atoms with E-state index < -0.39 is 24.0 Å². The van der Waals surface area contributed by atoms with Gasteiger partial charge in [-0.1, -0.05) is 0 Å². The zero-order valence-electron chi connectivity index (χ0n) is 30.4. The van der Waals surface area contributed by atoms with Crippen molar-refractivity contribution in [2.24, 2.45) is 11.7 Å². The summed E-state index contributed by atoms with van der Waals surface area (Å²) < 4.78 is 2.57. The van der Waals surface area contributed by atoms with Crippen molar-refractivity contribution in [3.8, 4) is 5.75 Å². The number of halogens is 2. The third-order valence-corrected chi connectivity index (χ3v) is 12.3. The Morgan fingerprint density at radius 3 is 2.27 bits per heavy atom. The van der Waals surface area contributed by atoms with Gasteiger partial charge in [0.2, 0.25) is 11.8 Å². The minimum atomic E-state index is -1.16. The maximum absolute atomic E-state index is 14.9. The van der Waals surface area contributed by atoms with E-state index in [1.807, 2.05) is 18.2 Å². The number of likely N-dealkylation sites (tertiary alicyclic amines) is 1. The Bertz CT molecular complexity index is 2030. The number of phenolic OH excluding ortho intramolecular Hbond substituents is 1. The van der Waals surface area contributed by atoms with Crippen molar-refractivity contribution in [1.29, 1.82) is 0 Å². The molecule has 2 atom stereocenters. The number of imide groups is 1. The maximum Gasteiger partial charge on any atom is 0.327 e. The van der Waals surface area contributed by atoms with Crippen LogP contribution < -0.4 is 21.6 Å². The number of urea groups is 1. The number of hydrogen-bond donors (Lipinski definition) is 4. The molecule has 1 aromatic carbocycles. The van der Waals surface area contributed by atoms with Crippen LogP contribution in [0.25, 0.3) is 11.2 Å². The minimum Gasteiger partial charge on any atom is -0.506 e. The van der Waals surface area contributed by atoms with Crippen molar-refractivity contribution < 1.29 is 19.5 Å². The van der Waals surface area contributed by atoms with Crippen LogP contribution in [0.5, 0.6) is 5.75 Å². The van der Waals surface area contributed by atoms with Crippen LogP contribution in [0.1, 0.15) is 43.7 Å². The lowest BCUT2D eigenvalue weighted by atomic mass is 9.89. The third kappa shape index (κ3) is 8.59. The van der Waals surface area contributed by atoms with E-state index in [4.69, 9.17) is 5.73 Å². The zero-order chi connectivity index (χ0) is 38.6. The number of piperazine rings is 1. The molecule has 55 heavy (non-hydrogen) atoms. The van der Waals surface area contributed by atoms with Crippen molar-refractivity contribution in [3.05, 3.63) is 80.0 Å². The number of pyridine rings is 2. The predicted molar refractivity (Wildman–Crippen MR) is 215 cm³/mol. The Morgan fingerprint density at radius 1 is 0.927 bits per heavy atom. The van der Waals surface area contributed by atoms with Crippen LogP contribution >= 0.6 is 31.9 Å². The van der Waals surface area contributed by atoms with Gasteiger partial charge in [-0.25, -0.2) is 14.6 Å². The molecule has 0 saturated carbocycles. The molecule has 3 aliphatic heterocycles. The average molecular weight is 883 g/mol. The molecular weight excluding hydrogens is 836 g/mol. The van der Waals surface area contributed by atoms with Crippen LogP contribution in [0.3, 0.4) is 0 Å². The van der Waals surface area contributed by atoms with Crippen LogP contribution in [0.15, 0.2) is 68.7 Å². The van der Waals surface area contributed by atoms with E-state index in [2.05, 4.69) is 57.0 Å². The number of aromatic amines is 1. The normalized spacial score (nSPS) is 18.3. The summed E-state index contributed by atoms with van der Waals surface area (Å²) in [4.78, 5) is 75.4. The van der Waals surface area contributed by atoms with Gasteiger partial charge in [-0.05, 0) is 131 Å². The van der Waals surface area contributed by atoms with Crippen LogP contribution in [-0.2, 0) is 16.0 Å². The van der Waals surface area contributed by atoms with Crippen molar-refractivity contribution in [2.45, 2.75) is 56.7 Å². The van der Waals surface area contributed by atoms with Crippen molar-refractivity contribution >= 4 is 66.6 Å². The second-order valence-electron chi connectivity index (χ2n) is 14.6. The number of carbonyl (C=O) groups excluding carboxylic acids is 3. The molecule has 0 aliphatic carbocycles. The highest BCUT2D eigenvalue weighted by molar-refractivity contribution is 9.11. The van der Waals surface area contributed by atoms with Gasteiger partial charge in [0.25, 0.3) is 0 Å². The molecule has 3 saturated heterocycles. The highest BCUT2D eigenvalue weighted by Gasteiger charge is 2.43. The maximum atomic E-state index is 14.9. The van der Waals surface area contributed by atoms with E-state index in [9.17, 15) is 24.3 Å². The topological polar surface area (TPSA) is 186 Å². The average Bonchev–Trinajstić information content (AvgIpc) is 3.55. The number of carbonyl (C=O) groups is 3. The fraction of sp³-hybridized carbons (Fsp3) is 0.474. The Labute approximate surface area is 335 Å². The quantitative estimate of drug-likeness (QED) is 0.194. The van der Waals surface area contributed by atoms with E-state index in [1.54, 1.807) is 51.2 Å². The van der Waals surface area contributed by atoms with Crippen LogP contribution in [0, 0.1) is 5.92 Å². The van der Waals surface area contributed by atoms with E-state index >= 15 is 0 Å². The van der Waals surface area contributed by atoms with Crippen molar-refractivity contribution in [1.82, 2.24) is 39.5 Å². The summed E-state index contributed by atoms with van der Waals surface area (Å²) >= 11 is 6.72. The fourth-order valence-corrected chi connectivity index (χ4v) is 9.41. The number of nitrogens with two attached hydrogens (primary N) is 1. The second-order valence-corrected chi connectivity index (χ2v) is 16.3. The molecular formula is C38H46Br2N10O5. The van der Waals surface area contributed by atoms with Crippen molar-refractivity contribution in [2.75, 3.05) is 57.3 Å². The number of nitrogens with zero attached hydrogens (tertiary/aromatic N) is 7. The molecule has 0 bridgehead atoms. The molecule has 292 valence electrons. The standard InChI is InChI=1S/C38H46Br2N10O5/c39-28-20-25(21-29(40)33(28)51)22-30(41)35(52)50(38(55)48-14-7-27(8-15-48)49-31-2-1-9-44-34(31)45-37(49)54)32(23-24-3-10-42-11-4-24)36(53)47-18-16-46(17-19-47)26-5-12-43-13-6-26/h1-2,5-6,9,12-13,20-21,24,27,30,32,42,51H,3-4,7-8,10-11,14-19,22-23,41H2,(H,44,45,54)/t30-,32-/m1/s1. The first-order valence-electron chi connectivity index (χ1n) is 18.8. The lowest BCUT2D eigenvalue weighted by molar-refractivity contribution is -0.145. The molecule has 3 aliphatic rings. The summed E-state index contributed by atoms with van der Waals surface area (Å²) in [6.07, 6.45) is 8.10. The second kappa shape index (κ2) is 17.2. The SMILES string of the molecule is N[C@H](Cc1cc(Br)c(O)c(Br)c1)C(=O)N(C(=O)N1CCC(n2c(=O)[nH]c3ncccc32)CC1)[C@H](CC1CCNCC1)C(=O)N1CCN(c2ccncc2)CC1. The van der Waals surface area contributed by atoms with Crippen LogP contribution in [0.2, 0.25) is 0 Å². The lowest BCUT2D eigenvalue weighted by Gasteiger charge is -2.42. The predicted octanol–water partition coefficient (Wildman–Crippen LogP) is 3.61. The molecule has 4 aromatic rings. The first kappa shape index (κ1) is 38.9. The molecule has 5 N–H and O–H groups in total. The first-order chi connectivity index (χ1) is 26.6. The highest BCUT2D eigenvalue weighted by atomic mass is 79.9. The molecule has 3 aromatic heterocycles. The fourth-order valence-electron chi connectivity index (χ4n) is 8.13. The van der Waals surface area contributed by atoms with Gasteiger partial charge in [-0.2, -0.15) is 0 Å². The van der Waals surface area contributed by atoms with E-state index in [0.29, 0.717) is 71.1 Å². The summed E-state index contributed by atoms with van der Waals surface area (Å²) in [6.45, 7) is 4.19. The van der Waals surface area contributed by atoms with E-state index in [-0.39, 0.29) is 48.8 Å². The summed E-state index contributed by atoms with van der Waals surface area (Å²) in [5.41, 5.74) is 9.33. The van der Waals surface area contributed by atoms with E-state index in [0.717, 1.165) is 36.5 Å². The molecule has 6 heterocycles. The number of piperidine rings is 2. The highest BCUT2D eigenvalue weighted by Crippen LogP contribution is 2.34. The molecule has 15 nitrogen and oxygen atoms in total. The number of fused-ring (bicyclic) bond motifs is 1. The van der Waals surface area contributed by atoms with E-state index in [1.165, 1.54) is 0 Å². The monoisotopic (exact) mass is 880 g/mol. The van der Waals surface area contributed by atoms with Gasteiger partial charge < -0.3 is 30.9 Å². The van der Waals surface area contributed by atoms with Crippen LogP contribution in [-0.4, -0.2) is 122 Å². The lowest BCUT2D eigenvalue weighted by Crippen LogP contribution is -2.63. The number of imidazole rings is 1. The Hall–Kier alpha value is -4.32. The van der Waals surface area contributed by atoms with Gasteiger partial charge in [0.05, 0.1) is 20.5 Å². The first-order valence-corrected chi connectivity index (χ1v) is 20.4. The molecule has 3 fully saturated rings. The number of aromatic nitrogens is 4. The number of H-pyrrole nitrogens is 1. The number of hydrogen-bond acceptors (Lipinski definition) is 10. The smallest absolute Gasteiger partial charge is 0.327 e. The van der Waals surface area contributed by atoms with Gasteiger partial charge in [0, 0.05) is 69.6 Å². The third-order valence-electron chi connectivity index (χ3n) is 11.1. The largest absolute Gasteiger partial charge is 0.506 e. The Balaban J connectivity index is 1.17. The summed E-state index contributed by atoms with van der Waals surface area (Å²) in [5, 5.41) is 13.7. The Kier molecular flexibility index (Phi) is 12.2. The van der Waals surface area contributed by atoms with Gasteiger partial charge in [0.1, 0.15) is 11.8 Å². The summed E-state index contributed by atoms with van der Waals surface area (Å²) in [6, 6.07) is 7.94. The number of phenols is 1.